The van der Waals surface area contributed by atoms with Crippen LogP contribution in [0.2, 0.25) is 0 Å². The van der Waals surface area contributed by atoms with E-state index in [0.717, 1.165) is 16.2 Å². The highest BCUT2D eigenvalue weighted by Gasteiger charge is 2.09. The maximum atomic E-state index is 12.9. The van der Waals surface area contributed by atoms with Gasteiger partial charge in [-0.3, -0.25) is 0 Å². The third kappa shape index (κ3) is 2.65. The monoisotopic (exact) mass is 286 g/mol. The van der Waals surface area contributed by atoms with Gasteiger partial charge < -0.3 is 5.32 Å². The minimum atomic E-state index is -0.212. The van der Waals surface area contributed by atoms with E-state index in [1.807, 2.05) is 13.0 Å². The minimum Gasteiger partial charge on any atom is -0.355 e. The zero-order valence-electron chi connectivity index (χ0n) is 11.4. The van der Waals surface area contributed by atoms with Crippen molar-refractivity contribution in [1.29, 1.82) is 0 Å². The zero-order valence-corrected chi connectivity index (χ0v) is 12.2. The summed E-state index contributed by atoms with van der Waals surface area (Å²) in [6.07, 6.45) is 0. The Kier molecular flexibility index (Phi) is 3.40. The molecule has 0 radical (unpaired) electrons. The molecule has 1 unspecified atom stereocenters. The molecule has 20 heavy (non-hydrogen) atoms. The standard InChI is InChI=1S/C16H15FN2S/c1-10-3-8-14-15(9-10)20-16(19-14)18-11(2)12-4-6-13(17)7-5-12/h3-9,11H,1-2H3,(H,18,19). The molecule has 0 saturated carbocycles. The molecule has 1 heterocycles. The molecule has 1 aromatic heterocycles. The summed E-state index contributed by atoms with van der Waals surface area (Å²) in [4.78, 5) is 4.57. The molecule has 3 rings (SSSR count). The van der Waals surface area contributed by atoms with Crippen LogP contribution >= 0.6 is 11.3 Å². The van der Waals surface area contributed by atoms with E-state index in [1.165, 1.54) is 22.4 Å². The number of nitrogens with one attached hydrogen (secondary N) is 1. The average Bonchev–Trinajstić information content (AvgIpc) is 2.80. The van der Waals surface area contributed by atoms with Crippen molar-refractivity contribution in [1.82, 2.24) is 4.98 Å². The highest BCUT2D eigenvalue weighted by Crippen LogP contribution is 2.29. The number of halogens is 1. The number of thiazole rings is 1. The lowest BCUT2D eigenvalue weighted by molar-refractivity contribution is 0.626. The average molecular weight is 286 g/mol. The molecule has 1 atom stereocenters. The first kappa shape index (κ1) is 13.1. The normalized spacial score (nSPS) is 12.6. The first-order chi connectivity index (χ1) is 9.61. The lowest BCUT2D eigenvalue weighted by Gasteiger charge is -2.12. The second kappa shape index (κ2) is 5.21. The molecule has 0 bridgehead atoms. The van der Waals surface area contributed by atoms with Crippen LogP contribution in [0, 0.1) is 12.7 Å². The van der Waals surface area contributed by atoms with Crippen LogP contribution in [-0.4, -0.2) is 4.98 Å². The molecule has 0 amide bonds. The van der Waals surface area contributed by atoms with E-state index in [9.17, 15) is 4.39 Å². The van der Waals surface area contributed by atoms with Gasteiger partial charge in [0.15, 0.2) is 5.13 Å². The first-order valence-corrected chi connectivity index (χ1v) is 7.33. The molecule has 102 valence electrons. The van der Waals surface area contributed by atoms with Gasteiger partial charge in [0, 0.05) is 0 Å². The van der Waals surface area contributed by atoms with E-state index in [0.29, 0.717) is 0 Å². The van der Waals surface area contributed by atoms with Crippen LogP contribution in [0.4, 0.5) is 9.52 Å². The van der Waals surface area contributed by atoms with Crippen molar-refractivity contribution in [3.63, 3.8) is 0 Å². The van der Waals surface area contributed by atoms with Crippen LogP contribution < -0.4 is 5.32 Å². The van der Waals surface area contributed by atoms with Crippen molar-refractivity contribution in [2.75, 3.05) is 5.32 Å². The molecule has 2 aromatic carbocycles. The van der Waals surface area contributed by atoms with Gasteiger partial charge in [0.2, 0.25) is 0 Å². The van der Waals surface area contributed by atoms with Crippen LogP contribution in [0.5, 0.6) is 0 Å². The Morgan fingerprint density at radius 2 is 1.90 bits per heavy atom. The van der Waals surface area contributed by atoms with Crippen molar-refractivity contribution in [3.05, 3.63) is 59.4 Å². The Balaban J connectivity index is 1.83. The largest absolute Gasteiger partial charge is 0.355 e. The number of hydrogen-bond acceptors (Lipinski definition) is 3. The summed E-state index contributed by atoms with van der Waals surface area (Å²) in [6.45, 7) is 4.12. The molecule has 0 spiro atoms. The fourth-order valence-corrected chi connectivity index (χ4v) is 3.16. The summed E-state index contributed by atoms with van der Waals surface area (Å²) < 4.78 is 14.1. The minimum absolute atomic E-state index is 0.0947. The summed E-state index contributed by atoms with van der Waals surface area (Å²) in [5.74, 6) is -0.212. The highest BCUT2D eigenvalue weighted by atomic mass is 32.1. The number of hydrogen-bond donors (Lipinski definition) is 1. The molecular formula is C16H15FN2S. The zero-order chi connectivity index (χ0) is 14.1. The van der Waals surface area contributed by atoms with Crippen molar-refractivity contribution < 1.29 is 4.39 Å². The first-order valence-electron chi connectivity index (χ1n) is 6.51. The van der Waals surface area contributed by atoms with Gasteiger partial charge in [-0.1, -0.05) is 29.5 Å². The summed E-state index contributed by atoms with van der Waals surface area (Å²) in [5.41, 5.74) is 3.29. The summed E-state index contributed by atoms with van der Waals surface area (Å²) >= 11 is 1.64. The highest BCUT2D eigenvalue weighted by molar-refractivity contribution is 7.22. The van der Waals surface area contributed by atoms with Crippen LogP contribution in [-0.2, 0) is 0 Å². The van der Waals surface area contributed by atoms with Crippen molar-refractivity contribution >= 4 is 26.7 Å². The smallest absolute Gasteiger partial charge is 0.184 e. The fourth-order valence-electron chi connectivity index (χ4n) is 2.11. The lowest BCUT2D eigenvalue weighted by atomic mass is 10.1. The van der Waals surface area contributed by atoms with E-state index in [4.69, 9.17) is 0 Å². The Labute approximate surface area is 121 Å². The van der Waals surface area contributed by atoms with Gasteiger partial charge >= 0.3 is 0 Å². The number of nitrogens with zero attached hydrogens (tertiary/aromatic N) is 1. The van der Waals surface area contributed by atoms with Crippen molar-refractivity contribution in [2.45, 2.75) is 19.9 Å². The van der Waals surface area contributed by atoms with Gasteiger partial charge in [0.1, 0.15) is 5.82 Å². The van der Waals surface area contributed by atoms with Crippen molar-refractivity contribution in [2.24, 2.45) is 0 Å². The number of anilines is 1. The van der Waals surface area contributed by atoms with Gasteiger partial charge in [0.05, 0.1) is 16.3 Å². The van der Waals surface area contributed by atoms with Gasteiger partial charge in [-0.2, -0.15) is 0 Å². The molecule has 0 aliphatic heterocycles. The molecule has 0 saturated heterocycles. The molecular weight excluding hydrogens is 271 g/mol. The second-order valence-electron chi connectivity index (χ2n) is 4.91. The fraction of sp³-hybridized carbons (Fsp3) is 0.188. The SMILES string of the molecule is Cc1ccc2nc(NC(C)c3ccc(F)cc3)sc2c1. The van der Waals surface area contributed by atoms with Crippen LogP contribution in [0.25, 0.3) is 10.2 Å². The van der Waals surface area contributed by atoms with Crippen molar-refractivity contribution in [3.8, 4) is 0 Å². The van der Waals surface area contributed by atoms with Crippen LogP contribution in [0.15, 0.2) is 42.5 Å². The van der Waals surface area contributed by atoms with E-state index in [-0.39, 0.29) is 11.9 Å². The Hall–Kier alpha value is -1.94. The van der Waals surface area contributed by atoms with E-state index < -0.39 is 0 Å². The maximum Gasteiger partial charge on any atom is 0.184 e. The Morgan fingerprint density at radius 3 is 2.65 bits per heavy atom. The predicted octanol–water partition coefficient (Wildman–Crippen LogP) is 4.92. The third-order valence-electron chi connectivity index (χ3n) is 3.25. The molecule has 2 nitrogen and oxygen atoms in total. The molecule has 0 aliphatic carbocycles. The third-order valence-corrected chi connectivity index (χ3v) is 4.20. The Morgan fingerprint density at radius 1 is 1.15 bits per heavy atom. The summed E-state index contributed by atoms with van der Waals surface area (Å²) in [7, 11) is 0. The van der Waals surface area contributed by atoms with Gasteiger partial charge in [-0.15, -0.1) is 0 Å². The number of rotatable bonds is 3. The quantitative estimate of drug-likeness (QED) is 0.739. The van der Waals surface area contributed by atoms with Crippen LogP contribution in [0.1, 0.15) is 24.1 Å². The number of aromatic nitrogens is 1. The number of fused-ring (bicyclic) bond motifs is 1. The molecule has 4 heteroatoms. The van der Waals surface area contributed by atoms with Crippen LogP contribution in [0.3, 0.4) is 0 Å². The van der Waals surface area contributed by atoms with Gasteiger partial charge in [0.25, 0.3) is 0 Å². The van der Waals surface area contributed by atoms with E-state index in [1.54, 1.807) is 23.5 Å². The summed E-state index contributed by atoms with van der Waals surface area (Å²) in [5, 5.41) is 4.26. The summed E-state index contributed by atoms with van der Waals surface area (Å²) in [6, 6.07) is 12.9. The molecule has 0 aliphatic rings. The lowest BCUT2D eigenvalue weighted by Crippen LogP contribution is -2.06. The number of aryl methyl sites for hydroxylation is 1. The molecule has 3 aromatic rings. The predicted molar refractivity (Wildman–Crippen MR) is 82.8 cm³/mol. The maximum absolute atomic E-state index is 12.9. The topological polar surface area (TPSA) is 24.9 Å². The molecule has 0 fully saturated rings. The second-order valence-corrected chi connectivity index (χ2v) is 5.94. The van der Waals surface area contributed by atoms with Gasteiger partial charge in [-0.05, 0) is 49.2 Å². The molecule has 1 N–H and O–H groups in total. The van der Waals surface area contributed by atoms with Gasteiger partial charge in [-0.25, -0.2) is 9.37 Å². The van der Waals surface area contributed by atoms with E-state index >= 15 is 0 Å². The number of benzene rings is 2. The van der Waals surface area contributed by atoms with E-state index in [2.05, 4.69) is 29.4 Å². The Bertz CT molecular complexity index is 734.